The number of rotatable bonds is 5. The van der Waals surface area contributed by atoms with Crippen molar-refractivity contribution in [3.63, 3.8) is 0 Å². The maximum Gasteiger partial charge on any atom is 0.162 e. The predicted octanol–water partition coefficient (Wildman–Crippen LogP) is -3.34. The average molecular weight is 210 g/mol. The zero-order valence-corrected chi connectivity index (χ0v) is 8.23. The summed E-state index contributed by atoms with van der Waals surface area (Å²) in [5.41, 5.74) is 3.91. The summed E-state index contributed by atoms with van der Waals surface area (Å²) in [6.45, 7) is -1.07. The molecule has 0 spiro atoms. The largest absolute Gasteiger partial charge is 0.548 e. The molecular formula is C7H16NO6-. The Morgan fingerprint density at radius 3 is 1.86 bits per heavy atom. The molecule has 0 amide bonds. The summed E-state index contributed by atoms with van der Waals surface area (Å²) in [7, 11) is 2.63. The Bertz CT molecular complexity index is 139. The van der Waals surface area contributed by atoms with Crippen molar-refractivity contribution in [1.82, 2.24) is 0 Å². The van der Waals surface area contributed by atoms with Gasteiger partial charge in [-0.1, -0.05) is 0 Å². The van der Waals surface area contributed by atoms with E-state index in [0.717, 1.165) is 0 Å². The number of carboxylic acids is 1. The van der Waals surface area contributed by atoms with E-state index in [0.29, 0.717) is 0 Å². The van der Waals surface area contributed by atoms with Gasteiger partial charge in [-0.3, -0.25) is 5.73 Å². The summed E-state index contributed by atoms with van der Waals surface area (Å²) < 4.78 is 8.66. The summed E-state index contributed by atoms with van der Waals surface area (Å²) in [5.74, 6) is -1.18. The lowest BCUT2D eigenvalue weighted by molar-refractivity contribution is -0.309. The fraction of sp³-hybridized carbons (Fsp3) is 0.857. The minimum Gasteiger partial charge on any atom is -0.548 e. The summed E-state index contributed by atoms with van der Waals surface area (Å²) in [4.78, 5) is 9.36. The second-order valence-electron chi connectivity index (χ2n) is 2.39. The monoisotopic (exact) mass is 210 g/mol. The van der Waals surface area contributed by atoms with Gasteiger partial charge in [-0.05, 0) is 0 Å². The van der Waals surface area contributed by atoms with E-state index in [1.54, 1.807) is 0 Å². The predicted molar refractivity (Wildman–Crippen MR) is 45.0 cm³/mol. The molecule has 0 aromatic carbocycles. The van der Waals surface area contributed by atoms with Crippen LogP contribution in [0.4, 0.5) is 0 Å². The Hall–Kier alpha value is -0.730. The van der Waals surface area contributed by atoms with Gasteiger partial charge >= 0.3 is 0 Å². The molecule has 14 heavy (non-hydrogen) atoms. The van der Waals surface area contributed by atoms with Crippen molar-refractivity contribution in [1.29, 1.82) is 0 Å². The third-order valence-electron chi connectivity index (χ3n) is 1.20. The lowest BCUT2D eigenvalue weighted by Crippen LogP contribution is -2.48. The van der Waals surface area contributed by atoms with Crippen molar-refractivity contribution in [2.24, 2.45) is 5.73 Å². The van der Waals surface area contributed by atoms with E-state index < -0.39 is 11.7 Å². The molecule has 0 aliphatic rings. The first-order valence-corrected chi connectivity index (χ1v) is 3.70. The molecule has 0 saturated heterocycles. The van der Waals surface area contributed by atoms with Crippen molar-refractivity contribution in [2.75, 3.05) is 34.0 Å². The lowest BCUT2D eigenvalue weighted by Gasteiger charge is -2.21. The molecule has 0 aliphatic carbocycles. The van der Waals surface area contributed by atoms with Crippen LogP contribution in [0.1, 0.15) is 0 Å². The lowest BCUT2D eigenvalue weighted by atomic mass is 10.3. The van der Waals surface area contributed by atoms with Gasteiger partial charge in [0.1, 0.15) is 0 Å². The molecule has 0 heterocycles. The Labute approximate surface area is 82.0 Å². The van der Waals surface area contributed by atoms with Crippen LogP contribution in [-0.4, -0.2) is 55.9 Å². The van der Waals surface area contributed by atoms with Gasteiger partial charge in [-0.15, -0.1) is 0 Å². The zero-order valence-electron chi connectivity index (χ0n) is 8.23. The van der Waals surface area contributed by atoms with Crippen molar-refractivity contribution in [3.8, 4) is 0 Å². The Morgan fingerprint density at radius 1 is 1.43 bits per heavy atom. The van der Waals surface area contributed by atoms with E-state index >= 15 is 0 Å². The maximum atomic E-state index is 9.36. The number of ether oxygens (including phenoxy) is 2. The Kier molecular flexibility index (Phi) is 9.94. The number of carbonyl (C=O) groups excluding carboxylic acids is 1. The number of carbonyl (C=O) groups is 1. The number of aliphatic carboxylic acids is 1. The Morgan fingerprint density at radius 2 is 1.86 bits per heavy atom. The molecule has 0 atom stereocenters. The summed E-state index contributed by atoms with van der Waals surface area (Å²) in [5, 5.41) is 26.1. The molecule has 4 N–H and O–H groups in total. The normalized spacial score (nSPS) is 10.4. The highest BCUT2D eigenvalue weighted by molar-refractivity contribution is 5.65. The first-order valence-electron chi connectivity index (χ1n) is 3.70. The smallest absolute Gasteiger partial charge is 0.162 e. The van der Waals surface area contributed by atoms with Crippen molar-refractivity contribution in [2.45, 2.75) is 5.72 Å². The molecule has 0 saturated carbocycles. The van der Waals surface area contributed by atoms with Gasteiger partial charge in [0.15, 0.2) is 5.72 Å². The SMILES string of the molecule is COC(N)(CO)CO.COCC(=O)[O-]. The number of hydrogen-bond donors (Lipinski definition) is 3. The van der Waals surface area contributed by atoms with Crippen LogP contribution in [0.3, 0.4) is 0 Å². The standard InChI is InChI=1S/C4H11NO3.C3H6O3/c1-8-4(5,2-6)3-7;1-6-2-3(4)5/h6-7H,2-3,5H2,1H3;2H2,1H3,(H,4,5)/p-1. The molecule has 0 fully saturated rings. The molecule has 7 nitrogen and oxygen atoms in total. The first-order chi connectivity index (χ1) is 6.45. The van der Waals surface area contributed by atoms with Gasteiger partial charge in [0, 0.05) is 14.2 Å². The second kappa shape index (κ2) is 8.85. The van der Waals surface area contributed by atoms with Gasteiger partial charge in [-0.2, -0.15) is 0 Å². The molecule has 0 aliphatic heterocycles. The fourth-order valence-corrected chi connectivity index (χ4v) is 0.297. The van der Waals surface area contributed by atoms with Crippen LogP contribution in [0.15, 0.2) is 0 Å². The molecule has 0 unspecified atom stereocenters. The Balaban J connectivity index is 0. The zero-order chi connectivity index (χ0) is 11.6. The first kappa shape index (κ1) is 15.7. The minimum atomic E-state index is -1.26. The van der Waals surface area contributed by atoms with Crippen LogP contribution >= 0.6 is 0 Å². The molecule has 0 radical (unpaired) electrons. The number of carboxylic acid groups (broad SMARTS) is 1. The highest BCUT2D eigenvalue weighted by Crippen LogP contribution is 1.95. The van der Waals surface area contributed by atoms with Crippen LogP contribution < -0.4 is 10.8 Å². The molecule has 86 valence electrons. The van der Waals surface area contributed by atoms with E-state index in [-0.39, 0.29) is 19.8 Å². The molecule has 0 bridgehead atoms. The van der Waals surface area contributed by atoms with Crippen LogP contribution in [0.2, 0.25) is 0 Å². The highest BCUT2D eigenvalue weighted by Gasteiger charge is 2.20. The molecular weight excluding hydrogens is 194 g/mol. The van der Waals surface area contributed by atoms with E-state index in [4.69, 9.17) is 15.9 Å². The molecule has 0 rings (SSSR count). The number of aliphatic hydroxyl groups is 2. The summed E-state index contributed by atoms with van der Waals surface area (Å²) >= 11 is 0. The quantitative estimate of drug-likeness (QED) is 0.405. The van der Waals surface area contributed by atoms with Gasteiger partial charge in [0.05, 0.1) is 25.8 Å². The number of nitrogens with two attached hydrogens (primary N) is 1. The van der Waals surface area contributed by atoms with Gasteiger partial charge in [0.2, 0.25) is 0 Å². The number of methoxy groups -OCH3 is 2. The van der Waals surface area contributed by atoms with Crippen LogP contribution in [0.5, 0.6) is 0 Å². The highest BCUT2D eigenvalue weighted by atomic mass is 16.5. The third-order valence-corrected chi connectivity index (χ3v) is 1.20. The molecule has 7 heteroatoms. The minimum absolute atomic E-state index is 0.319. The van der Waals surface area contributed by atoms with Crippen molar-refractivity contribution in [3.05, 3.63) is 0 Å². The van der Waals surface area contributed by atoms with Crippen LogP contribution in [0.25, 0.3) is 0 Å². The van der Waals surface area contributed by atoms with Crippen molar-refractivity contribution < 1.29 is 29.6 Å². The average Bonchev–Trinajstić information content (AvgIpc) is 2.17. The van der Waals surface area contributed by atoms with E-state index in [1.807, 2.05) is 0 Å². The van der Waals surface area contributed by atoms with Gasteiger partial charge < -0.3 is 29.6 Å². The number of hydrogen-bond acceptors (Lipinski definition) is 7. The maximum absolute atomic E-state index is 9.36. The topological polar surface area (TPSA) is 125 Å². The van der Waals surface area contributed by atoms with E-state index in [9.17, 15) is 9.90 Å². The summed E-state index contributed by atoms with van der Waals surface area (Å²) in [6, 6.07) is 0. The van der Waals surface area contributed by atoms with Crippen molar-refractivity contribution >= 4 is 5.97 Å². The summed E-state index contributed by atoms with van der Waals surface area (Å²) in [6.07, 6.45) is 0. The van der Waals surface area contributed by atoms with Crippen LogP contribution in [0, 0.1) is 0 Å². The fourth-order valence-electron chi connectivity index (χ4n) is 0.297. The van der Waals surface area contributed by atoms with Gasteiger partial charge in [-0.25, -0.2) is 0 Å². The second-order valence-corrected chi connectivity index (χ2v) is 2.39. The van der Waals surface area contributed by atoms with Gasteiger partial charge in [0.25, 0.3) is 0 Å². The van der Waals surface area contributed by atoms with Crippen LogP contribution in [-0.2, 0) is 14.3 Å². The third kappa shape index (κ3) is 9.36. The van der Waals surface area contributed by atoms with E-state index in [1.165, 1.54) is 14.2 Å². The molecule has 0 aromatic heterocycles. The van der Waals surface area contributed by atoms with E-state index in [2.05, 4.69) is 9.47 Å². The number of aliphatic hydroxyl groups excluding tert-OH is 2. The molecule has 0 aromatic rings.